The van der Waals surface area contributed by atoms with Crippen LogP contribution in [0.5, 0.6) is 11.5 Å². The lowest BCUT2D eigenvalue weighted by Crippen LogP contribution is -2.16. The van der Waals surface area contributed by atoms with Crippen molar-refractivity contribution in [2.75, 3.05) is 20.3 Å². The second kappa shape index (κ2) is 17.7. The average molecular weight is 502 g/mol. The number of aryl methyl sites for hydroxylation is 1. The van der Waals surface area contributed by atoms with Crippen LogP contribution in [0, 0.1) is 12.7 Å². The Labute approximate surface area is 204 Å². The molecule has 182 valence electrons. The summed E-state index contributed by atoms with van der Waals surface area (Å²) in [6, 6.07) is 6.11. The maximum Gasteiger partial charge on any atom is 0.211 e. The van der Waals surface area contributed by atoms with Crippen molar-refractivity contribution in [3.63, 3.8) is 0 Å². The molecule has 10 heteroatoms. The number of carbonyl (C=O) groups is 2. The van der Waals surface area contributed by atoms with Crippen molar-refractivity contribution in [3.8, 4) is 11.5 Å². The highest BCUT2D eigenvalue weighted by Gasteiger charge is 2.00. The van der Waals surface area contributed by atoms with Gasteiger partial charge in [0.2, 0.25) is 6.41 Å². The van der Waals surface area contributed by atoms with Gasteiger partial charge in [-0.15, -0.1) is 0 Å². The summed E-state index contributed by atoms with van der Waals surface area (Å²) in [6.45, 7) is 8.13. The largest absolute Gasteiger partial charge is 0.494 e. The zero-order valence-electron chi connectivity index (χ0n) is 19.4. The highest BCUT2D eigenvalue weighted by molar-refractivity contribution is 6.30. The molecule has 0 aliphatic rings. The molecule has 0 radical (unpaired) electrons. The Kier molecular flexibility index (Phi) is 16.2. The quantitative estimate of drug-likeness (QED) is 0.367. The first kappa shape index (κ1) is 30.2. The zero-order chi connectivity index (χ0) is 25.2. The summed E-state index contributed by atoms with van der Waals surface area (Å²) >= 11 is 11.1. The Morgan fingerprint density at radius 1 is 1.15 bits per heavy atom. The minimum absolute atomic E-state index is 0.0444. The van der Waals surface area contributed by atoms with E-state index in [0.29, 0.717) is 36.0 Å². The molecule has 0 unspecified atom stereocenters. The van der Waals surface area contributed by atoms with Crippen LogP contribution in [0.25, 0.3) is 0 Å². The monoisotopic (exact) mass is 501 g/mol. The van der Waals surface area contributed by atoms with Crippen LogP contribution in [0.2, 0.25) is 10.2 Å². The molecule has 2 rings (SSSR count). The Hall–Kier alpha value is -2.84. The number of ether oxygens (including phenoxy) is 2. The summed E-state index contributed by atoms with van der Waals surface area (Å²) in [6.07, 6.45) is 3.76. The van der Waals surface area contributed by atoms with Crippen LogP contribution >= 0.6 is 23.2 Å². The fourth-order valence-electron chi connectivity index (χ4n) is 2.28. The molecule has 0 bridgehead atoms. The lowest BCUT2D eigenvalue weighted by atomic mass is 10.3. The molecule has 0 saturated carbocycles. The van der Waals surface area contributed by atoms with Crippen LogP contribution in [0.1, 0.15) is 32.8 Å². The summed E-state index contributed by atoms with van der Waals surface area (Å²) in [4.78, 5) is 23.8. The number of nitrogens with zero attached hydrogens (tertiary/aromatic N) is 1. The van der Waals surface area contributed by atoms with Gasteiger partial charge in [0.25, 0.3) is 0 Å². The molecule has 1 aromatic carbocycles. The number of carbonyl (C=O) groups excluding carboxylic acids is 2. The van der Waals surface area contributed by atoms with Crippen molar-refractivity contribution < 1.29 is 23.5 Å². The molecule has 1 amide bonds. The van der Waals surface area contributed by atoms with Crippen molar-refractivity contribution in [1.82, 2.24) is 15.6 Å². The molecule has 1 aromatic heterocycles. The summed E-state index contributed by atoms with van der Waals surface area (Å²) in [5, 5.41) is 6.15. The number of aldehydes is 1. The third-order valence-corrected chi connectivity index (χ3v) is 4.60. The molecule has 2 aromatic rings. The van der Waals surface area contributed by atoms with Crippen molar-refractivity contribution in [1.29, 1.82) is 0 Å². The first-order valence-corrected chi connectivity index (χ1v) is 10.8. The summed E-state index contributed by atoms with van der Waals surface area (Å²) in [5.74, 6) is 0.621. The second-order valence-electron chi connectivity index (χ2n) is 6.23. The van der Waals surface area contributed by atoms with Gasteiger partial charge in [-0.3, -0.25) is 9.59 Å². The maximum atomic E-state index is 12.7. The number of hydrogen-bond donors (Lipinski definition) is 2. The van der Waals surface area contributed by atoms with Crippen LogP contribution < -0.4 is 20.1 Å². The fourth-order valence-corrected chi connectivity index (χ4v) is 2.50. The Bertz CT molecular complexity index is 905. The summed E-state index contributed by atoms with van der Waals surface area (Å²) in [5.41, 5.74) is 2.78. The van der Waals surface area contributed by atoms with E-state index in [2.05, 4.69) is 15.6 Å². The van der Waals surface area contributed by atoms with Crippen molar-refractivity contribution in [2.45, 2.75) is 34.1 Å². The van der Waals surface area contributed by atoms with E-state index in [4.69, 9.17) is 32.7 Å². The molecule has 0 aliphatic carbocycles. The zero-order valence-corrected chi connectivity index (χ0v) is 20.9. The van der Waals surface area contributed by atoms with E-state index in [1.807, 2.05) is 34.7 Å². The SMILES string of the molecule is CC/C(NC)=C(/C)NC=O.CCOc1ccc(Cl)c(F)c1.Cc1cc(OCC=O)cnc1Cl. The van der Waals surface area contributed by atoms with E-state index >= 15 is 0 Å². The van der Waals surface area contributed by atoms with Gasteiger partial charge < -0.3 is 20.1 Å². The van der Waals surface area contributed by atoms with Gasteiger partial charge in [-0.2, -0.15) is 0 Å². The van der Waals surface area contributed by atoms with E-state index in [0.717, 1.165) is 23.4 Å². The van der Waals surface area contributed by atoms with E-state index in [1.54, 1.807) is 12.1 Å². The molecule has 1 heterocycles. The number of benzene rings is 1. The number of pyridine rings is 1. The highest BCUT2D eigenvalue weighted by Crippen LogP contribution is 2.20. The molecule has 7 nitrogen and oxygen atoms in total. The Balaban J connectivity index is 0.000000468. The van der Waals surface area contributed by atoms with Crippen LogP contribution in [-0.2, 0) is 9.59 Å². The van der Waals surface area contributed by atoms with Crippen LogP contribution in [0.4, 0.5) is 4.39 Å². The number of nitrogens with one attached hydrogen (secondary N) is 2. The van der Waals surface area contributed by atoms with Gasteiger partial charge in [-0.1, -0.05) is 30.1 Å². The Morgan fingerprint density at radius 2 is 1.85 bits per heavy atom. The van der Waals surface area contributed by atoms with Crippen molar-refractivity contribution in [2.24, 2.45) is 0 Å². The second-order valence-corrected chi connectivity index (χ2v) is 7.00. The number of halogens is 3. The van der Waals surface area contributed by atoms with E-state index in [1.165, 1.54) is 18.3 Å². The molecule has 0 fully saturated rings. The number of hydrogen-bond acceptors (Lipinski definition) is 6. The first-order chi connectivity index (χ1) is 15.7. The highest BCUT2D eigenvalue weighted by atomic mass is 35.5. The van der Waals surface area contributed by atoms with E-state index in [-0.39, 0.29) is 11.6 Å². The predicted octanol–water partition coefficient (Wildman–Crippen LogP) is 5.09. The molecule has 2 N–H and O–H groups in total. The van der Waals surface area contributed by atoms with Gasteiger partial charge in [-0.05, 0) is 51.0 Å². The lowest BCUT2D eigenvalue weighted by Gasteiger charge is -2.07. The number of amides is 1. The topological polar surface area (TPSA) is 89.5 Å². The van der Waals surface area contributed by atoms with Gasteiger partial charge >= 0.3 is 0 Å². The normalized spacial score (nSPS) is 10.3. The van der Waals surface area contributed by atoms with Gasteiger partial charge in [0, 0.05) is 24.5 Å². The van der Waals surface area contributed by atoms with Gasteiger partial charge in [-0.25, -0.2) is 9.37 Å². The van der Waals surface area contributed by atoms with Crippen molar-refractivity contribution >= 4 is 35.9 Å². The van der Waals surface area contributed by atoms with Gasteiger partial charge in [0.05, 0.1) is 17.8 Å². The number of aromatic nitrogens is 1. The smallest absolute Gasteiger partial charge is 0.211 e. The van der Waals surface area contributed by atoms with Gasteiger partial charge in [0.15, 0.2) is 6.29 Å². The minimum atomic E-state index is -0.447. The minimum Gasteiger partial charge on any atom is -0.494 e. The Morgan fingerprint density at radius 3 is 2.33 bits per heavy atom. The van der Waals surface area contributed by atoms with Crippen molar-refractivity contribution in [3.05, 3.63) is 63.4 Å². The van der Waals surface area contributed by atoms with Crippen LogP contribution in [0.3, 0.4) is 0 Å². The lowest BCUT2D eigenvalue weighted by molar-refractivity contribution is -0.110. The number of allylic oxidation sites excluding steroid dienone is 2. The third-order valence-electron chi connectivity index (χ3n) is 3.89. The average Bonchev–Trinajstić information content (AvgIpc) is 2.79. The van der Waals surface area contributed by atoms with Crippen LogP contribution in [-0.4, -0.2) is 37.9 Å². The molecule has 0 saturated heterocycles. The first-order valence-electron chi connectivity index (χ1n) is 10.1. The number of rotatable bonds is 9. The molecule has 0 spiro atoms. The standard InChI is InChI=1S/C8H8ClFO.C8H8ClNO2.C7H14N2O/c1-2-11-6-3-4-7(9)8(10)5-6;1-6-4-7(12-3-2-11)5-10-8(6)9;1-4-7(8-3)6(2)9-5-10/h3-5H,2H2,1H3;2,4-5H,3H2,1H3;5,8H,4H2,1-3H3,(H,9,10)/b;;7-6+. The summed E-state index contributed by atoms with van der Waals surface area (Å²) < 4.78 is 22.7. The van der Waals surface area contributed by atoms with E-state index < -0.39 is 5.82 Å². The third kappa shape index (κ3) is 12.7. The fraction of sp³-hybridized carbons (Fsp3) is 0.348. The molecular formula is C23H30Cl2FN3O4. The summed E-state index contributed by atoms with van der Waals surface area (Å²) in [7, 11) is 1.84. The predicted molar refractivity (Wildman–Crippen MR) is 129 cm³/mol. The molecular weight excluding hydrogens is 472 g/mol. The van der Waals surface area contributed by atoms with E-state index in [9.17, 15) is 14.0 Å². The molecule has 0 aliphatic heterocycles. The molecule has 33 heavy (non-hydrogen) atoms. The maximum absolute atomic E-state index is 12.7. The van der Waals surface area contributed by atoms with Gasteiger partial charge in [0.1, 0.15) is 29.1 Å². The molecule has 0 atom stereocenters. The van der Waals surface area contributed by atoms with Crippen LogP contribution in [0.15, 0.2) is 41.9 Å².